The highest BCUT2D eigenvalue weighted by atomic mass is 16.1. The van der Waals surface area contributed by atoms with Gasteiger partial charge in [-0.05, 0) is 37.5 Å². The molecule has 16 heavy (non-hydrogen) atoms. The monoisotopic (exact) mass is 224 g/mol. The molecule has 2 nitrogen and oxygen atoms in total. The predicted octanol–water partition coefficient (Wildman–Crippen LogP) is 3.39. The van der Waals surface area contributed by atoms with Gasteiger partial charge in [-0.25, -0.2) is 0 Å². The number of hydrogen-bond acceptors (Lipinski definition) is 2. The van der Waals surface area contributed by atoms with Crippen molar-refractivity contribution in [3.63, 3.8) is 0 Å². The Labute approximate surface area is 98.8 Å². The van der Waals surface area contributed by atoms with Gasteiger partial charge in [-0.3, -0.25) is 4.79 Å². The zero-order valence-corrected chi connectivity index (χ0v) is 10.8. The summed E-state index contributed by atoms with van der Waals surface area (Å²) < 4.78 is 0. The summed E-state index contributed by atoms with van der Waals surface area (Å²) in [7, 11) is 0. The maximum atomic E-state index is 11.7. The topological polar surface area (TPSA) is 34.1 Å². The lowest BCUT2D eigenvalue weighted by molar-refractivity contribution is -0.120. The lowest BCUT2D eigenvalue weighted by atomic mass is 9.84. The zero-order valence-electron chi connectivity index (χ0n) is 10.8. The summed E-state index contributed by atoms with van der Waals surface area (Å²) in [5.41, 5.74) is 0. The third-order valence-electron chi connectivity index (χ3n) is 3.85. The van der Waals surface area contributed by atoms with Crippen LogP contribution in [0.1, 0.15) is 59.3 Å². The molecular weight excluding hydrogens is 200 g/mol. The summed E-state index contributed by atoms with van der Waals surface area (Å²) in [6, 6.07) is 0. The highest BCUT2D eigenvalue weighted by molar-refractivity contribution is 5.79. The molecule has 3 atom stereocenters. The van der Waals surface area contributed by atoms with Gasteiger partial charge in [0.2, 0.25) is 0 Å². The van der Waals surface area contributed by atoms with E-state index in [4.69, 9.17) is 0 Å². The molecular formula is C14H24O2. The number of carbonyl (C=O) groups is 2. The fourth-order valence-corrected chi connectivity index (χ4v) is 2.62. The average molecular weight is 224 g/mol. The van der Waals surface area contributed by atoms with Gasteiger partial charge in [-0.15, -0.1) is 0 Å². The van der Waals surface area contributed by atoms with Crippen LogP contribution in [0.3, 0.4) is 0 Å². The van der Waals surface area contributed by atoms with Crippen molar-refractivity contribution in [2.75, 3.05) is 0 Å². The molecule has 0 saturated heterocycles. The molecule has 0 aliphatic heterocycles. The Hall–Kier alpha value is -0.660. The molecule has 1 aliphatic rings. The molecule has 0 N–H and O–H groups in total. The van der Waals surface area contributed by atoms with Crippen molar-refractivity contribution in [3.05, 3.63) is 0 Å². The van der Waals surface area contributed by atoms with E-state index in [1.807, 2.05) is 0 Å². The number of carbonyl (C=O) groups excluding carboxylic acids is 2. The summed E-state index contributed by atoms with van der Waals surface area (Å²) in [6.45, 7) is 6.00. The highest BCUT2D eigenvalue weighted by Gasteiger charge is 2.25. The maximum absolute atomic E-state index is 11.7. The van der Waals surface area contributed by atoms with Gasteiger partial charge in [0.05, 0.1) is 0 Å². The molecule has 0 radical (unpaired) electrons. The summed E-state index contributed by atoms with van der Waals surface area (Å²) in [5.74, 6) is 2.26. The first-order chi connectivity index (χ1) is 7.49. The van der Waals surface area contributed by atoms with Gasteiger partial charge < -0.3 is 4.79 Å². The van der Waals surface area contributed by atoms with Gasteiger partial charge in [0, 0.05) is 19.3 Å². The first-order valence-electron chi connectivity index (χ1n) is 6.50. The molecule has 1 saturated carbocycles. The molecule has 0 bridgehead atoms. The van der Waals surface area contributed by atoms with Crippen LogP contribution < -0.4 is 0 Å². The van der Waals surface area contributed by atoms with E-state index in [-0.39, 0.29) is 5.78 Å². The fourth-order valence-electron chi connectivity index (χ4n) is 2.62. The molecule has 92 valence electrons. The molecule has 0 unspecified atom stereocenters. The standard InChI is InChI=1S/C14H24O2/c1-10-4-7-13(9-14(16)8-10)11(2)5-6-12(3)15/h10-11,13H,4-9H2,1-3H3/t10-,11+,13-/m1/s1. The molecule has 1 aliphatic carbocycles. The molecule has 0 aromatic heterocycles. The van der Waals surface area contributed by atoms with Crippen molar-refractivity contribution < 1.29 is 9.59 Å². The van der Waals surface area contributed by atoms with E-state index in [9.17, 15) is 9.59 Å². The zero-order chi connectivity index (χ0) is 12.1. The van der Waals surface area contributed by atoms with Crippen molar-refractivity contribution in [3.8, 4) is 0 Å². The van der Waals surface area contributed by atoms with Crippen molar-refractivity contribution >= 4 is 11.6 Å². The SMILES string of the molecule is CC(=O)CC[C@H](C)[C@@H]1CC[C@@H](C)CC(=O)C1. The Balaban J connectivity index is 2.45. The van der Waals surface area contributed by atoms with Crippen LogP contribution in [0.25, 0.3) is 0 Å². The van der Waals surface area contributed by atoms with Crippen LogP contribution in [0, 0.1) is 17.8 Å². The molecule has 0 heterocycles. The predicted molar refractivity (Wildman–Crippen MR) is 65.2 cm³/mol. The molecule has 0 spiro atoms. The summed E-state index contributed by atoms with van der Waals surface area (Å²) in [4.78, 5) is 22.6. The van der Waals surface area contributed by atoms with E-state index < -0.39 is 0 Å². The van der Waals surface area contributed by atoms with Gasteiger partial charge in [-0.1, -0.05) is 20.3 Å². The van der Waals surface area contributed by atoms with Gasteiger partial charge in [-0.2, -0.15) is 0 Å². The molecule has 0 aromatic rings. The van der Waals surface area contributed by atoms with Crippen LogP contribution in [0.5, 0.6) is 0 Å². The van der Waals surface area contributed by atoms with E-state index >= 15 is 0 Å². The quantitative estimate of drug-likeness (QED) is 0.686. The van der Waals surface area contributed by atoms with Crippen molar-refractivity contribution in [1.29, 1.82) is 0 Å². The van der Waals surface area contributed by atoms with Crippen LogP contribution in [0.15, 0.2) is 0 Å². The summed E-state index contributed by atoms with van der Waals surface area (Å²) >= 11 is 0. The molecule has 2 heteroatoms. The van der Waals surface area contributed by atoms with E-state index in [1.54, 1.807) is 6.92 Å². The van der Waals surface area contributed by atoms with Crippen LogP contribution in [0.4, 0.5) is 0 Å². The van der Waals surface area contributed by atoms with Crippen LogP contribution in [0.2, 0.25) is 0 Å². The second-order valence-electron chi connectivity index (χ2n) is 5.61. The Bertz CT molecular complexity index is 257. The van der Waals surface area contributed by atoms with Gasteiger partial charge in [0.1, 0.15) is 11.6 Å². The number of ketones is 2. The first-order valence-corrected chi connectivity index (χ1v) is 6.50. The Kier molecular flexibility index (Phi) is 5.17. The second-order valence-corrected chi connectivity index (χ2v) is 5.61. The van der Waals surface area contributed by atoms with Crippen molar-refractivity contribution in [2.24, 2.45) is 17.8 Å². The Morgan fingerprint density at radius 3 is 2.69 bits per heavy atom. The Morgan fingerprint density at radius 2 is 2.06 bits per heavy atom. The number of rotatable bonds is 4. The minimum absolute atomic E-state index is 0.264. The van der Waals surface area contributed by atoms with E-state index in [1.165, 1.54) is 6.42 Å². The minimum Gasteiger partial charge on any atom is -0.300 e. The Morgan fingerprint density at radius 1 is 1.38 bits per heavy atom. The number of Topliss-reactive ketones (excluding diaryl/α,β-unsaturated/α-hetero) is 2. The minimum atomic E-state index is 0.264. The van der Waals surface area contributed by atoms with E-state index in [0.29, 0.717) is 30.0 Å². The molecule has 1 rings (SSSR count). The van der Waals surface area contributed by atoms with Crippen LogP contribution in [-0.4, -0.2) is 11.6 Å². The third-order valence-corrected chi connectivity index (χ3v) is 3.85. The largest absolute Gasteiger partial charge is 0.300 e. The highest BCUT2D eigenvalue weighted by Crippen LogP contribution is 2.31. The molecule has 1 fully saturated rings. The van der Waals surface area contributed by atoms with Gasteiger partial charge in [0.15, 0.2) is 0 Å². The fraction of sp³-hybridized carbons (Fsp3) is 0.857. The molecule has 0 aromatic carbocycles. The van der Waals surface area contributed by atoms with Crippen molar-refractivity contribution in [2.45, 2.75) is 59.3 Å². The summed E-state index contributed by atoms with van der Waals surface area (Å²) in [6.07, 6.45) is 5.44. The van der Waals surface area contributed by atoms with Crippen molar-refractivity contribution in [1.82, 2.24) is 0 Å². The van der Waals surface area contributed by atoms with Gasteiger partial charge >= 0.3 is 0 Å². The lowest BCUT2D eigenvalue weighted by Crippen LogP contribution is -2.15. The normalized spacial score (nSPS) is 28.6. The van der Waals surface area contributed by atoms with E-state index in [0.717, 1.165) is 25.7 Å². The third kappa shape index (κ3) is 4.46. The smallest absolute Gasteiger partial charge is 0.133 e. The van der Waals surface area contributed by atoms with Crippen LogP contribution in [-0.2, 0) is 9.59 Å². The van der Waals surface area contributed by atoms with Crippen LogP contribution >= 0.6 is 0 Å². The maximum Gasteiger partial charge on any atom is 0.133 e. The van der Waals surface area contributed by atoms with Gasteiger partial charge in [0.25, 0.3) is 0 Å². The lowest BCUT2D eigenvalue weighted by Gasteiger charge is -2.21. The average Bonchev–Trinajstić information content (AvgIpc) is 2.35. The summed E-state index contributed by atoms with van der Waals surface area (Å²) in [5, 5.41) is 0. The number of hydrogen-bond donors (Lipinski definition) is 0. The van der Waals surface area contributed by atoms with E-state index in [2.05, 4.69) is 13.8 Å². The molecule has 0 amide bonds. The second kappa shape index (κ2) is 6.17. The first kappa shape index (κ1) is 13.4.